The van der Waals surface area contributed by atoms with Crippen molar-refractivity contribution < 1.29 is 9.84 Å². The average molecular weight is 422 g/mol. The number of aliphatic hydroxyl groups excluding tert-OH is 1. The summed E-state index contributed by atoms with van der Waals surface area (Å²) in [5, 5.41) is 13.4. The Labute approximate surface area is 183 Å². The fraction of sp³-hybridized carbons (Fsp3) is 0.308. The first kappa shape index (κ1) is 20.9. The van der Waals surface area contributed by atoms with E-state index in [0.717, 1.165) is 48.7 Å². The van der Waals surface area contributed by atoms with Crippen LogP contribution in [0, 0.1) is 0 Å². The Kier molecular flexibility index (Phi) is 6.73. The molecule has 1 N–H and O–H groups in total. The van der Waals surface area contributed by atoms with Gasteiger partial charge in [-0.15, -0.1) is 0 Å². The highest BCUT2D eigenvalue weighted by Crippen LogP contribution is 2.34. The van der Waals surface area contributed by atoms with Crippen molar-refractivity contribution in [1.29, 1.82) is 0 Å². The van der Waals surface area contributed by atoms with Gasteiger partial charge in [-0.1, -0.05) is 71.8 Å². The zero-order valence-electron chi connectivity index (χ0n) is 17.4. The summed E-state index contributed by atoms with van der Waals surface area (Å²) in [6.45, 7) is 2.64. The van der Waals surface area contributed by atoms with E-state index in [4.69, 9.17) is 16.3 Å². The summed E-state index contributed by atoms with van der Waals surface area (Å²) >= 11 is 6.41. The number of fused-ring (bicyclic) bond motifs is 1. The van der Waals surface area contributed by atoms with Gasteiger partial charge in [0.05, 0.1) is 18.2 Å². The summed E-state index contributed by atoms with van der Waals surface area (Å²) in [7, 11) is 1.62. The fourth-order valence-corrected chi connectivity index (χ4v) is 4.42. The number of piperidine rings is 1. The Morgan fingerprint density at radius 1 is 1.07 bits per heavy atom. The molecule has 1 atom stereocenters. The zero-order chi connectivity index (χ0) is 20.9. The number of β-amino-alcohol motifs (C(OH)–C–C–N with tert-alkyl or cyclic N) is 1. The Morgan fingerprint density at radius 2 is 1.83 bits per heavy atom. The molecule has 0 bridgehead atoms. The van der Waals surface area contributed by atoms with Crippen LogP contribution in [-0.2, 0) is 6.42 Å². The van der Waals surface area contributed by atoms with Crippen molar-refractivity contribution >= 4 is 22.4 Å². The maximum absolute atomic E-state index is 10.8. The van der Waals surface area contributed by atoms with Crippen LogP contribution in [0.4, 0.5) is 0 Å². The van der Waals surface area contributed by atoms with E-state index in [2.05, 4.69) is 41.3 Å². The monoisotopic (exact) mass is 421 g/mol. The van der Waals surface area contributed by atoms with Crippen LogP contribution in [-0.4, -0.2) is 36.8 Å². The molecular formula is C26H28ClNO2. The van der Waals surface area contributed by atoms with Crippen molar-refractivity contribution in [2.45, 2.75) is 25.4 Å². The molecule has 1 aliphatic rings. The molecule has 0 radical (unpaired) electrons. The summed E-state index contributed by atoms with van der Waals surface area (Å²) < 4.78 is 5.29. The lowest BCUT2D eigenvalue weighted by atomic mass is 9.99. The van der Waals surface area contributed by atoms with Gasteiger partial charge in [-0.3, -0.25) is 4.90 Å². The lowest BCUT2D eigenvalue weighted by Crippen LogP contribution is -2.34. The number of rotatable bonds is 6. The second-order valence-corrected chi connectivity index (χ2v) is 8.31. The van der Waals surface area contributed by atoms with E-state index in [1.807, 2.05) is 30.3 Å². The van der Waals surface area contributed by atoms with E-state index in [0.29, 0.717) is 17.3 Å². The smallest absolute Gasteiger partial charge is 0.138 e. The Morgan fingerprint density at radius 3 is 2.57 bits per heavy atom. The van der Waals surface area contributed by atoms with Gasteiger partial charge in [0.1, 0.15) is 5.75 Å². The quantitative estimate of drug-likeness (QED) is 0.510. The molecule has 4 rings (SSSR count). The number of likely N-dealkylation sites (tertiary alicyclic amines) is 1. The van der Waals surface area contributed by atoms with Crippen molar-refractivity contribution in [3.05, 3.63) is 88.5 Å². The summed E-state index contributed by atoms with van der Waals surface area (Å²) in [6.07, 6.45) is 5.03. The highest BCUT2D eigenvalue weighted by Gasteiger charge is 2.18. The Balaban J connectivity index is 1.35. The third kappa shape index (κ3) is 4.86. The predicted octanol–water partition coefficient (Wildman–Crippen LogP) is 5.80. The molecule has 1 heterocycles. The number of aliphatic hydroxyl groups is 1. The molecule has 3 aromatic rings. The largest absolute Gasteiger partial charge is 0.495 e. The van der Waals surface area contributed by atoms with Crippen molar-refractivity contribution in [1.82, 2.24) is 4.90 Å². The Bertz CT molecular complexity index is 1020. The molecule has 156 valence electrons. The summed E-state index contributed by atoms with van der Waals surface area (Å²) in [4.78, 5) is 2.36. The third-order valence-corrected chi connectivity index (χ3v) is 6.34. The fourth-order valence-electron chi connectivity index (χ4n) is 4.11. The number of methoxy groups -OCH3 is 1. The summed E-state index contributed by atoms with van der Waals surface area (Å²) in [5.74, 6) is 0.668. The van der Waals surface area contributed by atoms with Gasteiger partial charge >= 0.3 is 0 Å². The molecule has 4 heteroatoms. The number of halogens is 1. The molecule has 0 aromatic heterocycles. The minimum absolute atomic E-state index is 0.509. The molecular weight excluding hydrogens is 394 g/mol. The molecule has 30 heavy (non-hydrogen) atoms. The molecule has 0 amide bonds. The summed E-state index contributed by atoms with van der Waals surface area (Å²) in [6, 6.07) is 20.4. The molecule has 3 nitrogen and oxygen atoms in total. The molecule has 1 aliphatic heterocycles. The topological polar surface area (TPSA) is 32.7 Å². The molecule has 0 spiro atoms. The van der Waals surface area contributed by atoms with Gasteiger partial charge in [0, 0.05) is 25.0 Å². The first-order valence-corrected chi connectivity index (χ1v) is 10.9. The van der Waals surface area contributed by atoms with Crippen LogP contribution in [0.5, 0.6) is 5.75 Å². The third-order valence-electron chi connectivity index (χ3n) is 5.95. The maximum atomic E-state index is 10.8. The lowest BCUT2D eigenvalue weighted by molar-refractivity contribution is 0.108. The molecule has 0 saturated carbocycles. The first-order valence-electron chi connectivity index (χ1n) is 10.5. The highest BCUT2D eigenvalue weighted by atomic mass is 35.5. The van der Waals surface area contributed by atoms with Gasteiger partial charge < -0.3 is 9.84 Å². The number of allylic oxidation sites excluding steroid dienone is 1. The number of hydrogen-bond donors (Lipinski definition) is 1. The lowest BCUT2D eigenvalue weighted by Gasteiger charge is -2.30. The number of ether oxygens (including phenoxy) is 1. The molecule has 1 unspecified atom stereocenters. The molecule has 3 aromatic carbocycles. The van der Waals surface area contributed by atoms with Crippen LogP contribution in [0.3, 0.4) is 0 Å². The molecule has 0 aliphatic carbocycles. The predicted molar refractivity (Wildman–Crippen MR) is 124 cm³/mol. The van der Waals surface area contributed by atoms with E-state index < -0.39 is 6.10 Å². The minimum atomic E-state index is -0.509. The zero-order valence-corrected chi connectivity index (χ0v) is 18.1. The second-order valence-electron chi connectivity index (χ2n) is 7.93. The normalized spacial score (nSPS) is 15.9. The number of nitrogens with zero attached hydrogens (tertiary/aromatic N) is 1. The van der Waals surface area contributed by atoms with Gasteiger partial charge in [0.15, 0.2) is 0 Å². The van der Waals surface area contributed by atoms with Crippen LogP contribution in [0.15, 0.2) is 72.3 Å². The van der Waals surface area contributed by atoms with Crippen molar-refractivity contribution in [3.63, 3.8) is 0 Å². The minimum Gasteiger partial charge on any atom is -0.495 e. The molecule has 1 fully saturated rings. The van der Waals surface area contributed by atoms with Crippen LogP contribution >= 0.6 is 11.6 Å². The number of benzene rings is 3. The van der Waals surface area contributed by atoms with Gasteiger partial charge in [0.2, 0.25) is 0 Å². The van der Waals surface area contributed by atoms with Crippen LogP contribution < -0.4 is 4.74 Å². The van der Waals surface area contributed by atoms with E-state index in [1.165, 1.54) is 11.1 Å². The summed E-state index contributed by atoms with van der Waals surface area (Å²) in [5.41, 5.74) is 3.81. The maximum Gasteiger partial charge on any atom is 0.138 e. The molecule has 1 saturated heterocycles. The van der Waals surface area contributed by atoms with Crippen molar-refractivity contribution in [2.24, 2.45) is 0 Å². The van der Waals surface area contributed by atoms with Crippen LogP contribution in [0.25, 0.3) is 10.8 Å². The number of hydrogen-bond acceptors (Lipinski definition) is 3. The van der Waals surface area contributed by atoms with E-state index >= 15 is 0 Å². The standard InChI is InChI=1S/C26H28ClNO2/c1-30-25-12-10-21-17-22(9-11-23(21)26(25)27)24(29)18-28-15-13-20(14-16-28)8-7-19-5-3-2-4-6-19/h2-6,8-12,17,24,29H,7,13-16,18H2,1H3. The van der Waals surface area contributed by atoms with Crippen LogP contribution in [0.1, 0.15) is 30.1 Å². The van der Waals surface area contributed by atoms with Gasteiger partial charge in [-0.25, -0.2) is 0 Å². The SMILES string of the molecule is COc1ccc2cc(C(O)CN3CCC(=CCc4ccccc4)CC3)ccc2c1Cl. The second kappa shape index (κ2) is 9.65. The van der Waals surface area contributed by atoms with Gasteiger partial charge in [-0.2, -0.15) is 0 Å². The van der Waals surface area contributed by atoms with E-state index in [-0.39, 0.29) is 0 Å². The van der Waals surface area contributed by atoms with Crippen molar-refractivity contribution in [3.8, 4) is 5.75 Å². The average Bonchev–Trinajstić information content (AvgIpc) is 2.79. The van der Waals surface area contributed by atoms with Crippen molar-refractivity contribution in [2.75, 3.05) is 26.7 Å². The van der Waals surface area contributed by atoms with Gasteiger partial charge in [0.25, 0.3) is 0 Å². The first-order chi connectivity index (χ1) is 14.6. The highest BCUT2D eigenvalue weighted by molar-refractivity contribution is 6.37. The van der Waals surface area contributed by atoms with Crippen LogP contribution in [0.2, 0.25) is 5.02 Å². The Hall–Kier alpha value is -2.33. The van der Waals surface area contributed by atoms with E-state index in [1.54, 1.807) is 7.11 Å². The van der Waals surface area contributed by atoms with E-state index in [9.17, 15) is 5.11 Å². The van der Waals surface area contributed by atoms with Gasteiger partial charge in [-0.05, 0) is 47.9 Å².